The van der Waals surface area contributed by atoms with Gasteiger partial charge in [0, 0.05) is 61.1 Å². The molecule has 0 amide bonds. The number of hydrogen-bond acceptors (Lipinski definition) is 0. The summed E-state index contributed by atoms with van der Waals surface area (Å²) in [4.78, 5) is 0. The number of hydrogen-bond donors (Lipinski definition) is 0. The van der Waals surface area contributed by atoms with Crippen LogP contribution in [-0.4, -0.2) is 9.13 Å². The molecule has 0 radical (unpaired) electrons. The van der Waals surface area contributed by atoms with Gasteiger partial charge in [-0.15, -0.1) is 48.2 Å². The van der Waals surface area contributed by atoms with Crippen molar-refractivity contribution >= 4 is 0 Å². The summed E-state index contributed by atoms with van der Waals surface area (Å²) in [7, 11) is 0. The van der Waals surface area contributed by atoms with Crippen LogP contribution < -0.4 is 0 Å². The Balaban J connectivity index is 0.000000169. The van der Waals surface area contributed by atoms with Gasteiger partial charge in [0.05, 0.1) is 0 Å². The average Bonchev–Trinajstić information content (AvgIpc) is 3.92. The van der Waals surface area contributed by atoms with E-state index < -0.39 is 23.3 Å². The van der Waals surface area contributed by atoms with E-state index in [1.165, 1.54) is 72.2 Å². The Morgan fingerprint density at radius 3 is 1.16 bits per heavy atom. The molecule has 252 valence electrons. The molecule has 0 bridgehead atoms. The number of rotatable bonds is 6. The van der Waals surface area contributed by atoms with Crippen molar-refractivity contribution in [1.29, 1.82) is 0 Å². The fourth-order valence-corrected chi connectivity index (χ4v) is 6.14. The van der Waals surface area contributed by atoms with E-state index in [0.717, 1.165) is 51.6 Å². The molecule has 8 rings (SSSR count). The Kier molecular flexibility index (Phi) is 15.7. The Morgan fingerprint density at radius 2 is 0.898 bits per heavy atom. The molecule has 0 aliphatic heterocycles. The van der Waals surface area contributed by atoms with Crippen LogP contribution in [0, 0.1) is 47.6 Å². The van der Waals surface area contributed by atoms with Crippen LogP contribution in [0.3, 0.4) is 0 Å². The topological polar surface area (TPSA) is 9.86 Å². The van der Waals surface area contributed by atoms with Crippen LogP contribution in [0.4, 0.5) is 17.6 Å². The zero-order valence-electron chi connectivity index (χ0n) is 27.9. The fraction of sp³-hybridized carbons (Fsp3) is 0.333. The van der Waals surface area contributed by atoms with Gasteiger partial charge in [-0.3, -0.25) is 12.2 Å². The maximum Gasteiger partial charge on any atom is 4.00 e. The second-order valence-corrected chi connectivity index (χ2v) is 12.3. The molecule has 0 spiro atoms. The summed E-state index contributed by atoms with van der Waals surface area (Å²) in [5.74, 6) is -2.43. The van der Waals surface area contributed by atoms with Crippen molar-refractivity contribution in [2.75, 3.05) is 0 Å². The standard InChI is InChI=1S/2C16H16F2N.2C5H5.Ti/c2*17-15-6-5-12(16(18)9-15)7-8-19-10-13-3-1-2-4-14(13)11-19;2*1-2-4-5-3-1;/h2*5-6,10-11H,1-4,7-8H2;2*1-3H,4H2;/q4*-1;+4. The maximum atomic E-state index is 13.5. The molecule has 0 N–H and O–H groups in total. The SMILES string of the molecule is Fc1[c-]c(F)c(CCn2cc3c(c2)CCCC3)cc1.Fc1[c-]c(F)c(CCn2cc3c(c2)CCCC3)cc1.[C-]1=CC=CC1.[C-]1=CC=CC1.[Ti+4]. The van der Waals surface area contributed by atoms with Gasteiger partial charge in [0.1, 0.15) is 0 Å². The van der Waals surface area contributed by atoms with E-state index >= 15 is 0 Å². The molecule has 4 aliphatic rings. The third-order valence-corrected chi connectivity index (χ3v) is 8.73. The zero-order valence-corrected chi connectivity index (χ0v) is 29.5. The van der Waals surface area contributed by atoms with E-state index in [1.807, 2.05) is 24.3 Å². The van der Waals surface area contributed by atoms with Gasteiger partial charge in [0.25, 0.3) is 0 Å². The molecular formula is C42H42F4N2Ti. The molecule has 4 aliphatic carbocycles. The van der Waals surface area contributed by atoms with Crippen molar-refractivity contribution in [2.24, 2.45) is 0 Å². The molecule has 0 unspecified atom stereocenters. The first kappa shape index (κ1) is 38.2. The summed E-state index contributed by atoms with van der Waals surface area (Å²) < 4.78 is 56.7. The van der Waals surface area contributed by atoms with Crippen LogP contribution in [0.15, 0.2) is 85.5 Å². The van der Waals surface area contributed by atoms with E-state index in [2.05, 4.69) is 70.4 Å². The van der Waals surface area contributed by atoms with E-state index in [9.17, 15) is 17.6 Å². The molecule has 2 aromatic carbocycles. The summed E-state index contributed by atoms with van der Waals surface area (Å²) >= 11 is 0. The smallest absolute Gasteiger partial charge is 0.354 e. The molecule has 49 heavy (non-hydrogen) atoms. The minimum atomic E-state index is -0.641. The molecule has 0 fully saturated rings. The largest absolute Gasteiger partial charge is 4.00 e. The molecule has 0 atom stereocenters. The van der Waals surface area contributed by atoms with Crippen LogP contribution in [-0.2, 0) is 73.3 Å². The van der Waals surface area contributed by atoms with Crippen molar-refractivity contribution in [3.05, 3.63) is 166 Å². The van der Waals surface area contributed by atoms with Crippen molar-refractivity contribution < 1.29 is 39.3 Å². The monoisotopic (exact) mass is 698 g/mol. The Hall–Kier alpha value is -3.61. The number of nitrogens with zero attached hydrogens (tertiary/aromatic N) is 2. The third-order valence-electron chi connectivity index (χ3n) is 8.73. The van der Waals surface area contributed by atoms with Crippen LogP contribution in [0.2, 0.25) is 0 Å². The van der Waals surface area contributed by atoms with Gasteiger partial charge in [-0.25, -0.2) is 41.9 Å². The first-order chi connectivity index (χ1) is 23.4. The Bertz CT molecular complexity index is 1550. The summed E-state index contributed by atoms with van der Waals surface area (Å²) in [6.45, 7) is 1.45. The van der Waals surface area contributed by atoms with Gasteiger partial charge < -0.3 is 9.13 Å². The van der Waals surface area contributed by atoms with E-state index in [4.69, 9.17) is 0 Å². The van der Waals surface area contributed by atoms with Gasteiger partial charge in [-0.05, 0) is 73.6 Å². The molecular weight excluding hydrogens is 656 g/mol. The minimum absolute atomic E-state index is 0. The van der Waals surface area contributed by atoms with E-state index in [0.29, 0.717) is 24.0 Å². The number of benzene rings is 2. The van der Waals surface area contributed by atoms with Crippen LogP contribution >= 0.6 is 0 Å². The van der Waals surface area contributed by atoms with Gasteiger partial charge in [0.2, 0.25) is 0 Å². The average molecular weight is 699 g/mol. The van der Waals surface area contributed by atoms with Gasteiger partial charge in [0.15, 0.2) is 0 Å². The van der Waals surface area contributed by atoms with E-state index in [-0.39, 0.29) is 21.7 Å². The summed E-state index contributed by atoms with van der Waals surface area (Å²) in [6, 6.07) is 9.70. The number of allylic oxidation sites excluding steroid dienone is 8. The molecule has 7 heteroatoms. The van der Waals surface area contributed by atoms with Gasteiger partial charge in [-0.1, -0.05) is 12.8 Å². The maximum absolute atomic E-state index is 13.5. The quantitative estimate of drug-likeness (QED) is 0.108. The predicted octanol–water partition coefficient (Wildman–Crippen LogP) is 9.98. The van der Waals surface area contributed by atoms with E-state index in [1.54, 1.807) is 0 Å². The molecule has 4 aromatic rings. The number of aryl methyl sites for hydroxylation is 8. The molecule has 0 saturated carbocycles. The van der Waals surface area contributed by atoms with Gasteiger partial charge in [-0.2, -0.15) is 24.3 Å². The second kappa shape index (κ2) is 20.2. The van der Waals surface area contributed by atoms with Crippen LogP contribution in [0.5, 0.6) is 0 Å². The number of aromatic nitrogens is 2. The number of fused-ring (bicyclic) bond motifs is 2. The van der Waals surface area contributed by atoms with Crippen LogP contribution in [0.1, 0.15) is 71.9 Å². The summed E-state index contributed by atoms with van der Waals surface area (Å²) in [5, 5.41) is 0. The molecule has 2 aromatic heterocycles. The first-order valence-corrected chi connectivity index (χ1v) is 17.0. The van der Waals surface area contributed by atoms with Crippen LogP contribution in [0.25, 0.3) is 0 Å². The number of halogens is 4. The summed E-state index contributed by atoms with van der Waals surface area (Å²) in [6.07, 6.45) is 39.5. The Labute approximate surface area is 303 Å². The van der Waals surface area contributed by atoms with Crippen molar-refractivity contribution in [2.45, 2.75) is 90.1 Å². The Morgan fingerprint density at radius 1 is 0.531 bits per heavy atom. The van der Waals surface area contributed by atoms with Crippen molar-refractivity contribution in [3.8, 4) is 0 Å². The van der Waals surface area contributed by atoms with Gasteiger partial charge >= 0.3 is 21.7 Å². The fourth-order valence-electron chi connectivity index (χ4n) is 6.14. The third kappa shape index (κ3) is 12.3. The molecule has 2 heterocycles. The zero-order chi connectivity index (χ0) is 33.6. The normalized spacial score (nSPS) is 14.8. The van der Waals surface area contributed by atoms with Crippen molar-refractivity contribution in [3.63, 3.8) is 0 Å². The minimum Gasteiger partial charge on any atom is -0.354 e. The molecule has 0 saturated heterocycles. The predicted molar refractivity (Wildman–Crippen MR) is 183 cm³/mol. The molecule has 2 nitrogen and oxygen atoms in total. The van der Waals surface area contributed by atoms with Crippen molar-refractivity contribution in [1.82, 2.24) is 9.13 Å². The second-order valence-electron chi connectivity index (χ2n) is 12.3. The summed E-state index contributed by atoms with van der Waals surface area (Å²) in [5.41, 5.74) is 6.76. The first-order valence-electron chi connectivity index (χ1n) is 17.0.